The first-order valence-electron chi connectivity index (χ1n) is 9.34. The highest BCUT2D eigenvalue weighted by atomic mass is 127. The number of rotatable bonds is 5. The third-order valence-corrected chi connectivity index (χ3v) is 4.71. The summed E-state index contributed by atoms with van der Waals surface area (Å²) in [5.41, 5.74) is 2.17. The summed E-state index contributed by atoms with van der Waals surface area (Å²) in [6.07, 6.45) is 2.60. The lowest BCUT2D eigenvalue weighted by Crippen LogP contribution is -2.36. The van der Waals surface area contributed by atoms with E-state index in [1.54, 1.807) is 7.05 Å². The molecule has 1 heterocycles. The van der Waals surface area contributed by atoms with Crippen LogP contribution in [0.1, 0.15) is 30.4 Å². The lowest BCUT2D eigenvalue weighted by molar-refractivity contribution is -0.119. The first-order valence-corrected chi connectivity index (χ1v) is 9.34. The van der Waals surface area contributed by atoms with Crippen molar-refractivity contribution in [1.29, 1.82) is 0 Å². The molecule has 5 nitrogen and oxygen atoms in total. The smallest absolute Gasteiger partial charge is 0.226 e. The second-order valence-electron chi connectivity index (χ2n) is 6.68. The number of nitrogens with zero attached hydrogens (tertiary/aromatic N) is 2. The van der Waals surface area contributed by atoms with E-state index in [9.17, 15) is 13.6 Å². The zero-order valence-corrected chi connectivity index (χ0v) is 18.6. The molecule has 0 atom stereocenters. The van der Waals surface area contributed by atoms with E-state index in [0.29, 0.717) is 18.9 Å². The third kappa shape index (κ3) is 6.38. The minimum Gasteiger partial charge on any atom is -0.352 e. The van der Waals surface area contributed by atoms with Gasteiger partial charge in [0.1, 0.15) is 11.6 Å². The average Bonchev–Trinajstić information content (AvgIpc) is 2.71. The lowest BCUT2D eigenvalue weighted by Gasteiger charge is -2.26. The average molecular weight is 514 g/mol. The second-order valence-corrected chi connectivity index (χ2v) is 6.68. The summed E-state index contributed by atoms with van der Waals surface area (Å²) in [4.78, 5) is 17.9. The van der Waals surface area contributed by atoms with E-state index in [0.717, 1.165) is 48.8 Å². The number of guanidine groups is 1. The Morgan fingerprint density at radius 3 is 2.48 bits per heavy atom. The van der Waals surface area contributed by atoms with E-state index in [-0.39, 0.29) is 42.0 Å². The number of benzene rings is 2. The van der Waals surface area contributed by atoms with Gasteiger partial charge in [0.2, 0.25) is 5.91 Å². The van der Waals surface area contributed by atoms with Crippen molar-refractivity contribution < 1.29 is 13.6 Å². The fourth-order valence-corrected chi connectivity index (χ4v) is 3.14. The normalized spacial score (nSPS) is 14.4. The third-order valence-electron chi connectivity index (χ3n) is 4.71. The molecule has 2 aromatic rings. The van der Waals surface area contributed by atoms with Crippen LogP contribution in [0.5, 0.6) is 0 Å². The number of hydrogen-bond donors (Lipinski definition) is 2. The zero-order valence-electron chi connectivity index (χ0n) is 16.3. The van der Waals surface area contributed by atoms with Gasteiger partial charge >= 0.3 is 0 Å². The minimum atomic E-state index is -0.478. The first-order chi connectivity index (χ1) is 13.6. The van der Waals surface area contributed by atoms with Crippen LogP contribution in [0.2, 0.25) is 0 Å². The van der Waals surface area contributed by atoms with Gasteiger partial charge in [-0.05, 0) is 48.7 Å². The van der Waals surface area contributed by atoms with Gasteiger partial charge in [0, 0.05) is 44.4 Å². The molecular formula is C21H25F2IN4O. The van der Waals surface area contributed by atoms with Gasteiger partial charge in [-0.15, -0.1) is 24.0 Å². The molecule has 29 heavy (non-hydrogen) atoms. The van der Waals surface area contributed by atoms with E-state index < -0.39 is 11.6 Å². The molecule has 1 amide bonds. The summed E-state index contributed by atoms with van der Waals surface area (Å²) >= 11 is 0. The molecule has 8 heteroatoms. The number of carbonyl (C=O) groups is 1. The van der Waals surface area contributed by atoms with Crippen molar-refractivity contribution in [3.05, 3.63) is 65.2 Å². The van der Waals surface area contributed by atoms with Gasteiger partial charge in [-0.3, -0.25) is 9.79 Å². The summed E-state index contributed by atoms with van der Waals surface area (Å²) < 4.78 is 26.9. The van der Waals surface area contributed by atoms with E-state index in [1.165, 1.54) is 0 Å². The van der Waals surface area contributed by atoms with Crippen molar-refractivity contribution in [2.45, 2.75) is 32.4 Å². The van der Waals surface area contributed by atoms with Crippen molar-refractivity contribution in [2.75, 3.05) is 18.5 Å². The standard InChI is InChI=1S/C21H24F2N4O.HI/c1-24-21(26-14-16-12-17(22)7-10-19(16)23)25-13-15-5-8-18(9-6-15)27-11-3-2-4-20(27)28;/h5-10,12H,2-4,11,13-14H2,1H3,(H2,24,25,26);1H. The highest BCUT2D eigenvalue weighted by Crippen LogP contribution is 2.21. The summed E-state index contributed by atoms with van der Waals surface area (Å²) in [6, 6.07) is 11.2. The molecule has 0 saturated carbocycles. The molecule has 1 aliphatic heterocycles. The SMILES string of the molecule is CN=C(NCc1ccc(N2CCCCC2=O)cc1)NCc1cc(F)ccc1F.I. The van der Waals surface area contributed by atoms with Crippen LogP contribution in [0, 0.1) is 11.6 Å². The molecule has 0 unspecified atom stereocenters. The van der Waals surface area contributed by atoms with Gasteiger partial charge in [0.05, 0.1) is 0 Å². The van der Waals surface area contributed by atoms with Crippen molar-refractivity contribution in [3.8, 4) is 0 Å². The Labute approximate surface area is 186 Å². The van der Waals surface area contributed by atoms with Crippen LogP contribution < -0.4 is 15.5 Å². The van der Waals surface area contributed by atoms with E-state index in [2.05, 4.69) is 15.6 Å². The van der Waals surface area contributed by atoms with Gasteiger partial charge in [0.25, 0.3) is 0 Å². The predicted molar refractivity (Wildman–Crippen MR) is 121 cm³/mol. The van der Waals surface area contributed by atoms with E-state index >= 15 is 0 Å². The van der Waals surface area contributed by atoms with Crippen molar-refractivity contribution in [2.24, 2.45) is 4.99 Å². The van der Waals surface area contributed by atoms with E-state index in [4.69, 9.17) is 0 Å². The number of piperidine rings is 1. The Bertz CT molecular complexity index is 858. The summed E-state index contributed by atoms with van der Waals surface area (Å²) in [6.45, 7) is 1.41. The molecule has 2 N–H and O–H groups in total. The quantitative estimate of drug-likeness (QED) is 0.361. The molecule has 3 rings (SSSR count). The number of carbonyl (C=O) groups excluding carboxylic acids is 1. The lowest BCUT2D eigenvalue weighted by atomic mass is 10.1. The molecule has 2 aromatic carbocycles. The molecule has 0 bridgehead atoms. The van der Waals surface area contributed by atoms with Gasteiger partial charge in [0.15, 0.2) is 5.96 Å². The Kier molecular flexibility index (Phi) is 8.81. The van der Waals surface area contributed by atoms with Crippen LogP contribution in [0.4, 0.5) is 14.5 Å². The number of amides is 1. The molecule has 0 spiro atoms. The highest BCUT2D eigenvalue weighted by molar-refractivity contribution is 14.0. The maximum absolute atomic E-state index is 13.7. The van der Waals surface area contributed by atoms with Crippen LogP contribution in [-0.4, -0.2) is 25.5 Å². The van der Waals surface area contributed by atoms with Gasteiger partial charge in [-0.1, -0.05) is 12.1 Å². The Morgan fingerprint density at radius 2 is 1.79 bits per heavy atom. The molecule has 1 saturated heterocycles. The Morgan fingerprint density at radius 1 is 1.07 bits per heavy atom. The highest BCUT2D eigenvalue weighted by Gasteiger charge is 2.19. The number of hydrogen-bond acceptors (Lipinski definition) is 2. The summed E-state index contributed by atoms with van der Waals surface area (Å²) in [7, 11) is 1.61. The Balaban J connectivity index is 0.00000300. The number of nitrogens with one attached hydrogen (secondary N) is 2. The van der Waals surface area contributed by atoms with Crippen LogP contribution in [0.15, 0.2) is 47.5 Å². The first kappa shape index (κ1) is 23.1. The second kappa shape index (κ2) is 11.1. The molecular weight excluding hydrogens is 489 g/mol. The van der Waals surface area contributed by atoms with Crippen LogP contribution in [0.25, 0.3) is 0 Å². The molecule has 0 aromatic heterocycles. The summed E-state index contributed by atoms with van der Waals surface area (Å²) in [5.74, 6) is -0.286. The number of anilines is 1. The molecule has 1 aliphatic rings. The maximum Gasteiger partial charge on any atom is 0.226 e. The minimum absolute atomic E-state index is 0. The predicted octanol–water partition coefficient (Wildman–Crippen LogP) is 3.96. The topological polar surface area (TPSA) is 56.7 Å². The number of halogens is 3. The molecule has 0 radical (unpaired) electrons. The van der Waals surface area contributed by atoms with Gasteiger partial charge in [-0.25, -0.2) is 8.78 Å². The monoisotopic (exact) mass is 514 g/mol. The van der Waals surface area contributed by atoms with Crippen LogP contribution >= 0.6 is 24.0 Å². The molecule has 0 aliphatic carbocycles. The van der Waals surface area contributed by atoms with E-state index in [1.807, 2.05) is 29.2 Å². The van der Waals surface area contributed by atoms with Gasteiger partial charge in [-0.2, -0.15) is 0 Å². The van der Waals surface area contributed by atoms with Crippen molar-refractivity contribution in [3.63, 3.8) is 0 Å². The fraction of sp³-hybridized carbons (Fsp3) is 0.333. The van der Waals surface area contributed by atoms with Crippen LogP contribution in [-0.2, 0) is 17.9 Å². The number of aliphatic imine (C=N–C) groups is 1. The summed E-state index contributed by atoms with van der Waals surface area (Å²) in [5, 5.41) is 6.11. The molecule has 1 fully saturated rings. The zero-order chi connectivity index (χ0) is 19.9. The molecule has 156 valence electrons. The fourth-order valence-electron chi connectivity index (χ4n) is 3.14. The van der Waals surface area contributed by atoms with Gasteiger partial charge < -0.3 is 15.5 Å². The Hall–Kier alpha value is -2.23. The van der Waals surface area contributed by atoms with Crippen LogP contribution in [0.3, 0.4) is 0 Å². The maximum atomic E-state index is 13.7. The van der Waals surface area contributed by atoms with Crippen molar-refractivity contribution in [1.82, 2.24) is 10.6 Å². The van der Waals surface area contributed by atoms with Crippen molar-refractivity contribution >= 4 is 41.5 Å². The largest absolute Gasteiger partial charge is 0.352 e.